The molecule has 0 bridgehead atoms. The number of nitrogens with zero attached hydrogens (tertiary/aromatic N) is 1. The minimum Gasteiger partial charge on any atom is -0.463 e. The summed E-state index contributed by atoms with van der Waals surface area (Å²) in [5.41, 5.74) is 5.84. The van der Waals surface area contributed by atoms with E-state index in [2.05, 4.69) is 16.6 Å². The summed E-state index contributed by atoms with van der Waals surface area (Å²) in [6.07, 6.45) is 2.31. The summed E-state index contributed by atoms with van der Waals surface area (Å²) in [5.74, 6) is 1.33. The first-order valence-electron chi connectivity index (χ1n) is 6.75. The predicted octanol–water partition coefficient (Wildman–Crippen LogP) is 2.05. The average Bonchev–Trinajstić information content (AvgIpc) is 2.88. The van der Waals surface area contributed by atoms with Crippen molar-refractivity contribution in [1.29, 1.82) is 0 Å². The molecule has 5 nitrogen and oxygen atoms in total. The summed E-state index contributed by atoms with van der Waals surface area (Å²) in [6, 6.07) is 3.89. The number of methoxy groups -OCH3 is 1. The van der Waals surface area contributed by atoms with Crippen LogP contribution in [0.2, 0.25) is 0 Å². The van der Waals surface area contributed by atoms with Gasteiger partial charge in [0.05, 0.1) is 13.7 Å². The van der Waals surface area contributed by atoms with E-state index in [9.17, 15) is 4.79 Å². The van der Waals surface area contributed by atoms with Crippen LogP contribution in [0, 0.1) is 5.92 Å². The molecule has 0 aliphatic carbocycles. The molecule has 2 rings (SSSR count). The van der Waals surface area contributed by atoms with E-state index in [1.165, 1.54) is 13.5 Å². The van der Waals surface area contributed by atoms with Crippen molar-refractivity contribution in [2.75, 3.05) is 20.2 Å². The SMILES string of the molecule is COC(=O)c1ccc(CN2CCC(C)CC2CN)o1.Cl. The number of furan rings is 1. The summed E-state index contributed by atoms with van der Waals surface area (Å²) in [4.78, 5) is 13.7. The Morgan fingerprint density at radius 2 is 2.30 bits per heavy atom. The minimum atomic E-state index is -0.436. The number of hydrogen-bond donors (Lipinski definition) is 1. The Labute approximate surface area is 125 Å². The Hall–Kier alpha value is -1.04. The molecule has 2 N–H and O–H groups in total. The van der Waals surface area contributed by atoms with E-state index in [0.717, 1.165) is 24.6 Å². The molecule has 2 unspecified atom stereocenters. The first-order chi connectivity index (χ1) is 9.13. The van der Waals surface area contributed by atoms with Crippen LogP contribution in [0.4, 0.5) is 0 Å². The molecule has 1 aliphatic heterocycles. The number of carbonyl (C=O) groups is 1. The molecule has 2 atom stereocenters. The number of carbonyl (C=O) groups excluding carboxylic acids is 1. The number of ether oxygens (including phenoxy) is 1. The van der Waals surface area contributed by atoms with Crippen LogP contribution in [0.25, 0.3) is 0 Å². The van der Waals surface area contributed by atoms with Crippen LogP contribution < -0.4 is 5.73 Å². The molecule has 1 fully saturated rings. The van der Waals surface area contributed by atoms with Gasteiger partial charge in [-0.1, -0.05) is 6.92 Å². The van der Waals surface area contributed by atoms with Gasteiger partial charge in [0.1, 0.15) is 5.76 Å². The van der Waals surface area contributed by atoms with Crippen molar-refractivity contribution in [3.63, 3.8) is 0 Å². The third kappa shape index (κ3) is 3.98. The Morgan fingerprint density at radius 1 is 1.55 bits per heavy atom. The van der Waals surface area contributed by atoms with Crippen molar-refractivity contribution in [2.45, 2.75) is 32.4 Å². The van der Waals surface area contributed by atoms with Gasteiger partial charge in [-0.15, -0.1) is 12.4 Å². The zero-order valence-electron chi connectivity index (χ0n) is 12.0. The normalized spacial score (nSPS) is 23.1. The van der Waals surface area contributed by atoms with Crippen molar-refractivity contribution in [3.8, 4) is 0 Å². The molecule has 0 spiro atoms. The van der Waals surface area contributed by atoms with Crippen molar-refractivity contribution in [1.82, 2.24) is 4.90 Å². The quantitative estimate of drug-likeness (QED) is 0.862. The number of esters is 1. The van der Waals surface area contributed by atoms with Crippen LogP contribution in [0.3, 0.4) is 0 Å². The molecule has 1 aromatic heterocycles. The van der Waals surface area contributed by atoms with Gasteiger partial charge in [0, 0.05) is 12.6 Å². The van der Waals surface area contributed by atoms with Gasteiger partial charge < -0.3 is 14.9 Å². The lowest BCUT2D eigenvalue weighted by Gasteiger charge is -2.37. The first-order valence-corrected chi connectivity index (χ1v) is 6.75. The predicted molar refractivity (Wildman–Crippen MR) is 78.9 cm³/mol. The largest absolute Gasteiger partial charge is 0.463 e. The van der Waals surface area contributed by atoms with E-state index in [0.29, 0.717) is 19.1 Å². The lowest BCUT2D eigenvalue weighted by atomic mass is 9.92. The monoisotopic (exact) mass is 302 g/mol. The van der Waals surface area contributed by atoms with Gasteiger partial charge in [0.15, 0.2) is 0 Å². The van der Waals surface area contributed by atoms with Gasteiger partial charge in [0.2, 0.25) is 5.76 Å². The molecule has 0 amide bonds. The summed E-state index contributed by atoms with van der Waals surface area (Å²) >= 11 is 0. The van der Waals surface area contributed by atoms with Gasteiger partial charge in [-0.05, 0) is 37.4 Å². The molecule has 6 heteroatoms. The van der Waals surface area contributed by atoms with Crippen LogP contribution in [-0.2, 0) is 11.3 Å². The first kappa shape index (κ1) is 17.0. The maximum atomic E-state index is 11.3. The molecule has 1 saturated heterocycles. The van der Waals surface area contributed by atoms with Gasteiger partial charge >= 0.3 is 5.97 Å². The third-order valence-corrected chi connectivity index (χ3v) is 3.78. The zero-order valence-corrected chi connectivity index (χ0v) is 12.8. The van der Waals surface area contributed by atoms with Crippen LogP contribution in [-0.4, -0.2) is 37.1 Å². The molecule has 2 heterocycles. The lowest BCUT2D eigenvalue weighted by molar-refractivity contribution is 0.0557. The van der Waals surface area contributed by atoms with Gasteiger partial charge in [-0.2, -0.15) is 0 Å². The van der Waals surface area contributed by atoms with E-state index >= 15 is 0 Å². The van der Waals surface area contributed by atoms with Crippen LogP contribution in [0.15, 0.2) is 16.5 Å². The topological polar surface area (TPSA) is 68.7 Å². The Morgan fingerprint density at radius 3 is 2.95 bits per heavy atom. The molecule has 1 aliphatic rings. The molecule has 0 aromatic carbocycles. The highest BCUT2D eigenvalue weighted by molar-refractivity contribution is 5.86. The second-order valence-electron chi connectivity index (χ2n) is 5.25. The van der Waals surface area contributed by atoms with Crippen molar-refractivity contribution < 1.29 is 13.9 Å². The highest BCUT2D eigenvalue weighted by Gasteiger charge is 2.26. The second kappa shape index (κ2) is 7.67. The highest BCUT2D eigenvalue weighted by Crippen LogP contribution is 2.24. The third-order valence-electron chi connectivity index (χ3n) is 3.78. The van der Waals surface area contributed by atoms with Crippen molar-refractivity contribution >= 4 is 18.4 Å². The molecular weight excluding hydrogens is 280 g/mol. The molecule has 0 radical (unpaired) electrons. The summed E-state index contributed by atoms with van der Waals surface area (Å²) in [6.45, 7) is 4.65. The van der Waals surface area contributed by atoms with E-state index in [4.69, 9.17) is 10.2 Å². The van der Waals surface area contributed by atoms with Gasteiger partial charge in [-0.3, -0.25) is 4.90 Å². The number of piperidine rings is 1. The number of halogens is 1. The summed E-state index contributed by atoms with van der Waals surface area (Å²) in [5, 5.41) is 0. The molecule has 20 heavy (non-hydrogen) atoms. The highest BCUT2D eigenvalue weighted by atomic mass is 35.5. The summed E-state index contributed by atoms with van der Waals surface area (Å²) < 4.78 is 10.1. The fraction of sp³-hybridized carbons (Fsp3) is 0.643. The van der Waals surface area contributed by atoms with Crippen LogP contribution >= 0.6 is 12.4 Å². The molecule has 0 saturated carbocycles. The molecule has 114 valence electrons. The van der Waals surface area contributed by atoms with Crippen LogP contribution in [0.1, 0.15) is 36.1 Å². The van der Waals surface area contributed by atoms with Crippen molar-refractivity contribution in [2.24, 2.45) is 11.7 Å². The average molecular weight is 303 g/mol. The van der Waals surface area contributed by atoms with E-state index in [-0.39, 0.29) is 18.2 Å². The van der Waals surface area contributed by atoms with E-state index in [1.807, 2.05) is 6.07 Å². The van der Waals surface area contributed by atoms with Gasteiger partial charge in [-0.25, -0.2) is 4.79 Å². The number of nitrogens with two attached hydrogens (primary N) is 1. The fourth-order valence-corrected chi connectivity index (χ4v) is 2.63. The fourth-order valence-electron chi connectivity index (χ4n) is 2.63. The second-order valence-corrected chi connectivity index (χ2v) is 5.25. The van der Waals surface area contributed by atoms with Crippen LogP contribution in [0.5, 0.6) is 0 Å². The number of likely N-dealkylation sites (tertiary alicyclic amines) is 1. The Balaban J connectivity index is 0.00000200. The molecular formula is C14H23ClN2O3. The van der Waals surface area contributed by atoms with E-state index < -0.39 is 5.97 Å². The van der Waals surface area contributed by atoms with Crippen molar-refractivity contribution in [3.05, 3.63) is 23.7 Å². The Bertz CT molecular complexity index is 436. The number of hydrogen-bond acceptors (Lipinski definition) is 5. The Kier molecular flexibility index (Phi) is 6.52. The maximum absolute atomic E-state index is 11.3. The standard InChI is InChI=1S/C14H22N2O3.ClH/c1-10-5-6-16(11(7-10)8-15)9-12-3-4-13(19-12)14(17)18-2;/h3-4,10-11H,5-9,15H2,1-2H3;1H. The minimum absolute atomic E-state index is 0. The number of rotatable bonds is 4. The van der Waals surface area contributed by atoms with E-state index in [1.54, 1.807) is 6.07 Å². The lowest BCUT2D eigenvalue weighted by Crippen LogP contribution is -2.45. The summed E-state index contributed by atoms with van der Waals surface area (Å²) in [7, 11) is 1.35. The smallest absolute Gasteiger partial charge is 0.373 e. The zero-order chi connectivity index (χ0) is 13.8. The van der Waals surface area contributed by atoms with Gasteiger partial charge in [0.25, 0.3) is 0 Å². The maximum Gasteiger partial charge on any atom is 0.373 e. The molecule has 1 aromatic rings.